The summed E-state index contributed by atoms with van der Waals surface area (Å²) in [6.07, 6.45) is 0. The first kappa shape index (κ1) is 15.4. The molecule has 10 heteroatoms. The lowest BCUT2D eigenvalue weighted by atomic mass is 10.4. The number of hydrogen-bond acceptors (Lipinski definition) is 6. The van der Waals surface area contributed by atoms with Gasteiger partial charge in [0.25, 0.3) is 0 Å². The van der Waals surface area contributed by atoms with Crippen LogP contribution in [0.2, 0.25) is 4.34 Å². The van der Waals surface area contributed by atoms with E-state index in [1.807, 2.05) is 0 Å². The molecule has 0 aliphatic carbocycles. The van der Waals surface area contributed by atoms with E-state index < -0.39 is 16.0 Å². The van der Waals surface area contributed by atoms with Gasteiger partial charge < -0.3 is 5.11 Å². The van der Waals surface area contributed by atoms with Crippen LogP contribution in [0.15, 0.2) is 15.7 Å². The molecule has 0 saturated heterocycles. The average molecular weight is 353 g/mol. The van der Waals surface area contributed by atoms with Gasteiger partial charge in [-0.25, -0.2) is 22.9 Å². The van der Waals surface area contributed by atoms with E-state index in [0.717, 1.165) is 22.7 Å². The molecule has 0 spiro atoms. The van der Waals surface area contributed by atoms with E-state index >= 15 is 0 Å². The monoisotopic (exact) mass is 352 g/mol. The fraction of sp³-hybridized carbons (Fsp3) is 0.200. The third-order valence-corrected chi connectivity index (χ3v) is 6.56. The van der Waals surface area contributed by atoms with Crippen LogP contribution in [0.4, 0.5) is 0 Å². The van der Waals surface area contributed by atoms with Crippen LogP contribution in [0.1, 0.15) is 21.1 Å². The third kappa shape index (κ3) is 3.36. The zero-order valence-electron chi connectivity index (χ0n) is 10.1. The SMILES string of the molecule is Cc1cc(S(=O)(=O)NCc2nc(C(=O)O)cs2)sc1Cl. The first-order valence-electron chi connectivity index (χ1n) is 5.23. The molecule has 0 fully saturated rings. The fourth-order valence-corrected chi connectivity index (χ4v) is 4.82. The molecule has 0 amide bonds. The second-order valence-electron chi connectivity index (χ2n) is 3.78. The highest BCUT2D eigenvalue weighted by atomic mass is 35.5. The van der Waals surface area contributed by atoms with Crippen LogP contribution in [0.3, 0.4) is 0 Å². The lowest BCUT2D eigenvalue weighted by Crippen LogP contribution is -2.22. The van der Waals surface area contributed by atoms with Gasteiger partial charge in [-0.05, 0) is 18.6 Å². The lowest BCUT2D eigenvalue weighted by Gasteiger charge is -2.01. The summed E-state index contributed by atoms with van der Waals surface area (Å²) in [6, 6.07) is 1.49. The number of carboxylic acid groups (broad SMARTS) is 1. The topological polar surface area (TPSA) is 96.4 Å². The van der Waals surface area contributed by atoms with Crippen molar-refractivity contribution < 1.29 is 18.3 Å². The number of rotatable bonds is 5. The number of halogens is 1. The fourth-order valence-electron chi connectivity index (χ4n) is 1.28. The molecule has 2 aromatic heterocycles. The second-order valence-corrected chi connectivity index (χ2v) is 8.37. The number of carbonyl (C=O) groups is 1. The molecule has 2 rings (SSSR count). The minimum atomic E-state index is -3.67. The molecule has 0 unspecified atom stereocenters. The van der Waals surface area contributed by atoms with E-state index in [9.17, 15) is 13.2 Å². The van der Waals surface area contributed by atoms with Gasteiger partial charge in [-0.2, -0.15) is 0 Å². The Morgan fingerprint density at radius 2 is 2.25 bits per heavy atom. The summed E-state index contributed by atoms with van der Waals surface area (Å²) in [5.74, 6) is -1.14. The number of aromatic carboxylic acids is 1. The van der Waals surface area contributed by atoms with Crippen LogP contribution in [0.5, 0.6) is 0 Å². The molecular weight excluding hydrogens is 344 g/mol. The molecule has 2 N–H and O–H groups in total. The molecule has 0 saturated carbocycles. The number of sulfonamides is 1. The smallest absolute Gasteiger partial charge is 0.355 e. The van der Waals surface area contributed by atoms with Gasteiger partial charge in [0.15, 0.2) is 5.69 Å². The Kier molecular flexibility index (Phi) is 4.45. The molecule has 0 bridgehead atoms. The number of thiazole rings is 1. The highest BCUT2D eigenvalue weighted by Crippen LogP contribution is 2.30. The number of nitrogens with one attached hydrogen (secondary N) is 1. The standard InChI is InChI=1S/C10H9ClN2O4S3/c1-5-2-8(19-9(5)11)20(16,17)12-3-7-13-6(4-18-7)10(14)15/h2,4,12H,3H2,1H3,(H,14,15). The van der Waals surface area contributed by atoms with Crippen molar-refractivity contribution in [3.63, 3.8) is 0 Å². The maximum atomic E-state index is 12.0. The molecule has 0 radical (unpaired) electrons. The number of carboxylic acids is 1. The molecule has 108 valence electrons. The summed E-state index contributed by atoms with van der Waals surface area (Å²) < 4.78 is 26.9. The van der Waals surface area contributed by atoms with Crippen molar-refractivity contribution in [1.29, 1.82) is 0 Å². The van der Waals surface area contributed by atoms with Crippen LogP contribution >= 0.6 is 34.3 Å². The van der Waals surface area contributed by atoms with Gasteiger partial charge in [-0.1, -0.05) is 11.6 Å². The molecule has 0 aromatic carbocycles. The Labute approximate surface area is 128 Å². The number of thiophene rings is 1. The Hall–Kier alpha value is -1.00. The summed E-state index contributed by atoms with van der Waals surface area (Å²) in [7, 11) is -3.67. The largest absolute Gasteiger partial charge is 0.476 e. The molecule has 2 aromatic rings. The predicted octanol–water partition coefficient (Wildman–Crippen LogP) is 2.34. The van der Waals surface area contributed by atoms with Crippen molar-refractivity contribution in [1.82, 2.24) is 9.71 Å². The molecule has 20 heavy (non-hydrogen) atoms. The minimum absolute atomic E-state index is 0.0607. The van der Waals surface area contributed by atoms with Gasteiger partial charge >= 0.3 is 5.97 Å². The van der Waals surface area contributed by atoms with E-state index in [2.05, 4.69) is 9.71 Å². The van der Waals surface area contributed by atoms with Crippen LogP contribution in [-0.2, 0) is 16.6 Å². The maximum absolute atomic E-state index is 12.0. The van der Waals surface area contributed by atoms with E-state index in [-0.39, 0.29) is 16.4 Å². The number of hydrogen-bond donors (Lipinski definition) is 2. The van der Waals surface area contributed by atoms with Gasteiger partial charge in [0.1, 0.15) is 9.22 Å². The first-order valence-corrected chi connectivity index (χ1v) is 8.78. The third-order valence-electron chi connectivity index (χ3n) is 2.28. The molecule has 2 heterocycles. The average Bonchev–Trinajstić information content (AvgIpc) is 2.95. The summed E-state index contributed by atoms with van der Waals surface area (Å²) in [4.78, 5) is 14.5. The summed E-state index contributed by atoms with van der Waals surface area (Å²) in [5.41, 5.74) is 0.596. The zero-order chi connectivity index (χ0) is 14.9. The van der Waals surface area contributed by atoms with Crippen molar-refractivity contribution in [3.8, 4) is 0 Å². The van der Waals surface area contributed by atoms with Gasteiger partial charge in [0, 0.05) is 5.38 Å². The second kappa shape index (κ2) is 5.78. The summed E-state index contributed by atoms with van der Waals surface area (Å²) >= 11 is 7.89. The van der Waals surface area contributed by atoms with E-state index in [1.165, 1.54) is 11.4 Å². The normalized spacial score (nSPS) is 11.7. The predicted molar refractivity (Wildman–Crippen MR) is 77.2 cm³/mol. The number of aryl methyl sites for hydroxylation is 1. The van der Waals surface area contributed by atoms with E-state index in [0.29, 0.717) is 14.9 Å². The van der Waals surface area contributed by atoms with Gasteiger partial charge in [0.05, 0.1) is 10.9 Å². The maximum Gasteiger partial charge on any atom is 0.355 e. The highest BCUT2D eigenvalue weighted by Gasteiger charge is 2.19. The Morgan fingerprint density at radius 3 is 2.75 bits per heavy atom. The van der Waals surface area contributed by atoms with Crippen LogP contribution < -0.4 is 4.72 Å². The molecular formula is C10H9ClN2O4S3. The Balaban J connectivity index is 2.10. The number of nitrogens with zero attached hydrogens (tertiary/aromatic N) is 1. The van der Waals surface area contributed by atoms with Crippen molar-refractivity contribution in [2.75, 3.05) is 0 Å². The van der Waals surface area contributed by atoms with Crippen molar-refractivity contribution in [2.24, 2.45) is 0 Å². The van der Waals surface area contributed by atoms with E-state index in [1.54, 1.807) is 6.92 Å². The molecule has 6 nitrogen and oxygen atoms in total. The van der Waals surface area contributed by atoms with Gasteiger partial charge in [-0.15, -0.1) is 22.7 Å². The van der Waals surface area contributed by atoms with Gasteiger partial charge in [-0.3, -0.25) is 0 Å². The van der Waals surface area contributed by atoms with Crippen LogP contribution in [-0.4, -0.2) is 24.5 Å². The van der Waals surface area contributed by atoms with Crippen LogP contribution in [0, 0.1) is 6.92 Å². The van der Waals surface area contributed by atoms with Crippen molar-refractivity contribution >= 4 is 50.3 Å². The first-order chi connectivity index (χ1) is 9.29. The van der Waals surface area contributed by atoms with E-state index in [4.69, 9.17) is 16.7 Å². The molecule has 0 aliphatic rings. The lowest BCUT2D eigenvalue weighted by molar-refractivity contribution is 0.0691. The minimum Gasteiger partial charge on any atom is -0.476 e. The number of aromatic nitrogens is 1. The summed E-state index contributed by atoms with van der Waals surface area (Å²) in [6.45, 7) is 1.66. The Morgan fingerprint density at radius 1 is 1.55 bits per heavy atom. The van der Waals surface area contributed by atoms with Gasteiger partial charge in [0.2, 0.25) is 10.0 Å². The quantitative estimate of drug-likeness (QED) is 0.860. The summed E-state index contributed by atoms with van der Waals surface area (Å²) in [5, 5.41) is 10.5. The van der Waals surface area contributed by atoms with Crippen LogP contribution in [0.25, 0.3) is 0 Å². The van der Waals surface area contributed by atoms with Crippen molar-refractivity contribution in [2.45, 2.75) is 17.7 Å². The molecule has 0 aliphatic heterocycles. The highest BCUT2D eigenvalue weighted by molar-refractivity contribution is 7.91. The molecule has 0 atom stereocenters. The Bertz CT molecular complexity index is 731. The van der Waals surface area contributed by atoms with Crippen molar-refractivity contribution in [3.05, 3.63) is 32.0 Å². The zero-order valence-corrected chi connectivity index (χ0v) is 13.3.